The van der Waals surface area contributed by atoms with Gasteiger partial charge in [0.1, 0.15) is 5.75 Å². The van der Waals surface area contributed by atoms with Crippen LogP contribution in [0.1, 0.15) is 34.3 Å². The van der Waals surface area contributed by atoms with Crippen molar-refractivity contribution in [3.05, 3.63) is 59.2 Å². The van der Waals surface area contributed by atoms with Gasteiger partial charge < -0.3 is 19.6 Å². The SMILES string of the molecule is Cc1cc(O)ccc1C(=O)N(Cc1ccc(N(C)C)cc1)C[C@H]1CCCO1. The quantitative estimate of drug-likeness (QED) is 0.847. The van der Waals surface area contributed by atoms with Crippen LogP contribution in [0.4, 0.5) is 5.69 Å². The molecule has 1 atom stereocenters. The van der Waals surface area contributed by atoms with Gasteiger partial charge in [-0.15, -0.1) is 0 Å². The predicted molar refractivity (Wildman–Crippen MR) is 107 cm³/mol. The molecule has 0 aliphatic carbocycles. The summed E-state index contributed by atoms with van der Waals surface area (Å²) in [5.74, 6) is 0.147. The Kier molecular flexibility index (Phi) is 6.01. The molecule has 0 unspecified atom stereocenters. The molecule has 1 fully saturated rings. The van der Waals surface area contributed by atoms with Crippen molar-refractivity contribution < 1.29 is 14.6 Å². The Morgan fingerprint density at radius 3 is 2.52 bits per heavy atom. The van der Waals surface area contributed by atoms with Crippen LogP contribution in [0.2, 0.25) is 0 Å². The van der Waals surface area contributed by atoms with E-state index in [0.717, 1.165) is 36.3 Å². The second-order valence-electron chi connectivity index (χ2n) is 7.38. The molecular weight excluding hydrogens is 340 g/mol. The van der Waals surface area contributed by atoms with Gasteiger partial charge in [0.25, 0.3) is 5.91 Å². The molecule has 5 heteroatoms. The van der Waals surface area contributed by atoms with E-state index in [0.29, 0.717) is 18.7 Å². The van der Waals surface area contributed by atoms with E-state index in [2.05, 4.69) is 29.2 Å². The van der Waals surface area contributed by atoms with Crippen LogP contribution in [0.3, 0.4) is 0 Å². The van der Waals surface area contributed by atoms with Crippen LogP contribution in [-0.4, -0.2) is 49.3 Å². The third-order valence-corrected chi connectivity index (χ3v) is 5.00. The van der Waals surface area contributed by atoms with Gasteiger partial charge in [0, 0.05) is 45.0 Å². The molecule has 5 nitrogen and oxygen atoms in total. The summed E-state index contributed by atoms with van der Waals surface area (Å²) in [6.07, 6.45) is 2.12. The van der Waals surface area contributed by atoms with Gasteiger partial charge in [-0.25, -0.2) is 0 Å². The fraction of sp³-hybridized carbons (Fsp3) is 0.409. The predicted octanol–water partition coefficient (Wildman–Crippen LogP) is 3.59. The van der Waals surface area contributed by atoms with E-state index in [1.165, 1.54) is 0 Å². The van der Waals surface area contributed by atoms with E-state index >= 15 is 0 Å². The topological polar surface area (TPSA) is 53.0 Å². The molecule has 1 aliphatic rings. The van der Waals surface area contributed by atoms with Crippen LogP contribution in [0.25, 0.3) is 0 Å². The van der Waals surface area contributed by atoms with Gasteiger partial charge in [-0.1, -0.05) is 12.1 Å². The molecule has 1 saturated heterocycles. The third-order valence-electron chi connectivity index (χ3n) is 5.00. The lowest BCUT2D eigenvalue weighted by molar-refractivity contribution is 0.0506. The van der Waals surface area contributed by atoms with Crippen LogP contribution < -0.4 is 4.90 Å². The van der Waals surface area contributed by atoms with Crippen molar-refractivity contribution in [1.29, 1.82) is 0 Å². The maximum absolute atomic E-state index is 13.2. The second kappa shape index (κ2) is 8.44. The van der Waals surface area contributed by atoms with E-state index in [4.69, 9.17) is 4.74 Å². The molecule has 0 spiro atoms. The van der Waals surface area contributed by atoms with E-state index in [-0.39, 0.29) is 17.8 Å². The average Bonchev–Trinajstić information content (AvgIpc) is 3.14. The molecule has 0 bridgehead atoms. The fourth-order valence-corrected chi connectivity index (χ4v) is 3.43. The first-order chi connectivity index (χ1) is 12.9. The molecule has 0 saturated carbocycles. The maximum Gasteiger partial charge on any atom is 0.254 e. The highest BCUT2D eigenvalue weighted by Gasteiger charge is 2.24. The number of nitrogens with zero attached hydrogens (tertiary/aromatic N) is 2. The van der Waals surface area contributed by atoms with Crippen LogP contribution in [0, 0.1) is 6.92 Å². The minimum absolute atomic E-state index is 0.0281. The molecule has 2 aromatic carbocycles. The number of ether oxygens (including phenoxy) is 1. The zero-order chi connectivity index (χ0) is 19.4. The first-order valence-corrected chi connectivity index (χ1v) is 9.41. The molecule has 1 heterocycles. The number of amides is 1. The lowest BCUT2D eigenvalue weighted by atomic mass is 10.1. The lowest BCUT2D eigenvalue weighted by Gasteiger charge is -2.26. The molecule has 144 valence electrons. The molecular formula is C22H28N2O3. The minimum Gasteiger partial charge on any atom is -0.508 e. The van der Waals surface area contributed by atoms with Gasteiger partial charge >= 0.3 is 0 Å². The molecule has 0 radical (unpaired) electrons. The molecule has 2 aromatic rings. The van der Waals surface area contributed by atoms with Gasteiger partial charge in [0.05, 0.1) is 6.10 Å². The van der Waals surface area contributed by atoms with E-state index in [1.54, 1.807) is 18.2 Å². The Balaban J connectivity index is 1.82. The van der Waals surface area contributed by atoms with Gasteiger partial charge in [-0.05, 0) is 61.2 Å². The summed E-state index contributed by atoms with van der Waals surface area (Å²) in [5, 5.41) is 9.64. The number of hydrogen-bond donors (Lipinski definition) is 1. The number of rotatable bonds is 6. The van der Waals surface area contributed by atoms with E-state index in [1.807, 2.05) is 25.9 Å². The second-order valence-corrected chi connectivity index (χ2v) is 7.38. The number of phenols is 1. The minimum atomic E-state index is -0.0281. The van der Waals surface area contributed by atoms with Crippen molar-refractivity contribution in [3.8, 4) is 5.75 Å². The largest absolute Gasteiger partial charge is 0.508 e. The molecule has 27 heavy (non-hydrogen) atoms. The summed E-state index contributed by atoms with van der Waals surface area (Å²) >= 11 is 0. The van der Waals surface area contributed by atoms with Crippen LogP contribution in [0.5, 0.6) is 5.75 Å². The average molecular weight is 368 g/mol. The Hall–Kier alpha value is -2.53. The zero-order valence-electron chi connectivity index (χ0n) is 16.3. The smallest absolute Gasteiger partial charge is 0.254 e. The molecule has 1 amide bonds. The Bertz CT molecular complexity index is 781. The number of benzene rings is 2. The highest BCUT2D eigenvalue weighted by molar-refractivity contribution is 5.95. The van der Waals surface area contributed by atoms with Crippen molar-refractivity contribution in [2.45, 2.75) is 32.4 Å². The molecule has 3 rings (SSSR count). The third kappa shape index (κ3) is 4.80. The van der Waals surface area contributed by atoms with Crippen molar-refractivity contribution in [2.24, 2.45) is 0 Å². The molecule has 1 N–H and O–H groups in total. The highest BCUT2D eigenvalue weighted by Crippen LogP contribution is 2.22. The number of anilines is 1. The van der Waals surface area contributed by atoms with Crippen LogP contribution in [0.15, 0.2) is 42.5 Å². The van der Waals surface area contributed by atoms with Crippen LogP contribution in [-0.2, 0) is 11.3 Å². The number of aryl methyl sites for hydroxylation is 1. The van der Waals surface area contributed by atoms with Crippen molar-refractivity contribution >= 4 is 11.6 Å². The first kappa shape index (κ1) is 19.2. The van der Waals surface area contributed by atoms with Gasteiger partial charge in [-0.3, -0.25) is 4.79 Å². The lowest BCUT2D eigenvalue weighted by Crippen LogP contribution is -2.37. The number of phenolic OH excluding ortho intramolecular Hbond substituents is 1. The Morgan fingerprint density at radius 1 is 1.19 bits per heavy atom. The number of carbonyl (C=O) groups is 1. The van der Waals surface area contributed by atoms with Crippen molar-refractivity contribution in [2.75, 3.05) is 32.1 Å². The van der Waals surface area contributed by atoms with Gasteiger partial charge in [0.2, 0.25) is 0 Å². The summed E-state index contributed by atoms with van der Waals surface area (Å²) in [7, 11) is 4.02. The molecule has 1 aliphatic heterocycles. The van der Waals surface area contributed by atoms with Gasteiger partial charge in [-0.2, -0.15) is 0 Å². The fourth-order valence-electron chi connectivity index (χ4n) is 3.43. The number of hydrogen-bond acceptors (Lipinski definition) is 4. The van der Waals surface area contributed by atoms with Crippen molar-refractivity contribution in [1.82, 2.24) is 4.90 Å². The highest BCUT2D eigenvalue weighted by atomic mass is 16.5. The Morgan fingerprint density at radius 2 is 1.93 bits per heavy atom. The van der Waals surface area contributed by atoms with Crippen LogP contribution >= 0.6 is 0 Å². The number of aromatic hydroxyl groups is 1. The van der Waals surface area contributed by atoms with E-state index < -0.39 is 0 Å². The summed E-state index contributed by atoms with van der Waals surface area (Å²) in [6, 6.07) is 13.2. The maximum atomic E-state index is 13.2. The summed E-state index contributed by atoms with van der Waals surface area (Å²) in [4.78, 5) is 17.1. The summed E-state index contributed by atoms with van der Waals surface area (Å²) in [5.41, 5.74) is 3.62. The number of carbonyl (C=O) groups excluding carboxylic acids is 1. The summed E-state index contributed by atoms with van der Waals surface area (Å²) < 4.78 is 5.77. The monoisotopic (exact) mass is 368 g/mol. The van der Waals surface area contributed by atoms with E-state index in [9.17, 15) is 9.90 Å². The first-order valence-electron chi connectivity index (χ1n) is 9.41. The molecule has 0 aromatic heterocycles. The normalized spacial score (nSPS) is 16.3. The van der Waals surface area contributed by atoms with Gasteiger partial charge in [0.15, 0.2) is 0 Å². The van der Waals surface area contributed by atoms with Crippen molar-refractivity contribution in [3.63, 3.8) is 0 Å². The zero-order valence-corrected chi connectivity index (χ0v) is 16.3. The Labute approximate surface area is 161 Å². The standard InChI is InChI=1S/C22H28N2O3/c1-16-13-19(25)10-11-21(16)22(26)24(15-20-5-4-12-27-20)14-17-6-8-18(9-7-17)23(2)3/h6-11,13,20,25H,4-5,12,14-15H2,1-3H3/t20-/m1/s1. The summed E-state index contributed by atoms with van der Waals surface area (Å²) in [6.45, 7) is 3.73.